The Morgan fingerprint density at radius 1 is 1.15 bits per heavy atom. The number of aromatic hydroxyl groups is 1. The van der Waals surface area contributed by atoms with E-state index in [2.05, 4.69) is 10.5 Å². The lowest BCUT2D eigenvalue weighted by molar-refractivity contribution is -0.385. The summed E-state index contributed by atoms with van der Waals surface area (Å²) < 4.78 is 0. The van der Waals surface area contributed by atoms with Gasteiger partial charge in [0.15, 0.2) is 0 Å². The number of benzene rings is 3. The second-order valence-electron chi connectivity index (χ2n) is 5.38. The van der Waals surface area contributed by atoms with Gasteiger partial charge in [-0.15, -0.1) is 0 Å². The Bertz CT molecular complexity index is 1050. The number of rotatable bonds is 4. The molecule has 0 saturated carbocycles. The Hall–Kier alpha value is -3.45. The average Bonchev–Trinajstić information content (AvgIpc) is 2.60. The van der Waals surface area contributed by atoms with Crippen LogP contribution in [0.1, 0.15) is 15.9 Å². The summed E-state index contributed by atoms with van der Waals surface area (Å²) in [5.41, 5.74) is 2.24. The molecule has 0 heterocycles. The lowest BCUT2D eigenvalue weighted by Crippen LogP contribution is -2.17. The van der Waals surface area contributed by atoms with Crippen LogP contribution in [-0.2, 0) is 0 Å². The van der Waals surface area contributed by atoms with E-state index in [1.807, 2.05) is 24.3 Å². The molecule has 3 rings (SSSR count). The van der Waals surface area contributed by atoms with E-state index in [9.17, 15) is 20.0 Å². The summed E-state index contributed by atoms with van der Waals surface area (Å²) in [5, 5.41) is 26.6. The van der Waals surface area contributed by atoms with Crippen LogP contribution in [0.15, 0.2) is 59.7 Å². The van der Waals surface area contributed by atoms with Gasteiger partial charge in [-0.25, -0.2) is 5.43 Å². The molecule has 0 aliphatic heterocycles. The van der Waals surface area contributed by atoms with Crippen molar-refractivity contribution in [1.29, 1.82) is 0 Å². The zero-order chi connectivity index (χ0) is 18.7. The van der Waals surface area contributed by atoms with Crippen molar-refractivity contribution in [2.75, 3.05) is 0 Å². The number of hydrogen-bond acceptors (Lipinski definition) is 5. The van der Waals surface area contributed by atoms with Crippen LogP contribution in [0.2, 0.25) is 5.02 Å². The van der Waals surface area contributed by atoms with E-state index in [1.165, 1.54) is 30.3 Å². The highest BCUT2D eigenvalue weighted by Gasteiger charge is 2.14. The number of phenols is 1. The number of nitro groups is 1. The van der Waals surface area contributed by atoms with E-state index in [0.717, 1.165) is 17.0 Å². The molecule has 0 atom stereocenters. The molecule has 130 valence electrons. The van der Waals surface area contributed by atoms with E-state index in [0.29, 0.717) is 5.02 Å². The van der Waals surface area contributed by atoms with Crippen LogP contribution in [0.3, 0.4) is 0 Å². The summed E-state index contributed by atoms with van der Waals surface area (Å²) in [7, 11) is 0. The molecule has 0 spiro atoms. The van der Waals surface area contributed by atoms with Crippen LogP contribution in [0.25, 0.3) is 10.8 Å². The number of nitro benzene ring substituents is 1. The van der Waals surface area contributed by atoms with E-state index >= 15 is 0 Å². The van der Waals surface area contributed by atoms with E-state index in [-0.39, 0.29) is 22.6 Å². The van der Waals surface area contributed by atoms with Gasteiger partial charge in [0.1, 0.15) is 5.75 Å². The Morgan fingerprint density at radius 2 is 1.85 bits per heavy atom. The van der Waals surface area contributed by atoms with Crippen LogP contribution < -0.4 is 5.43 Å². The van der Waals surface area contributed by atoms with Crippen molar-refractivity contribution in [2.45, 2.75) is 0 Å². The summed E-state index contributed by atoms with van der Waals surface area (Å²) >= 11 is 5.83. The maximum Gasteiger partial charge on any atom is 0.278 e. The first kappa shape index (κ1) is 17.4. The quantitative estimate of drug-likeness (QED) is 0.413. The molecule has 26 heavy (non-hydrogen) atoms. The number of carbonyl (C=O) groups excluding carboxylic acids is 1. The van der Waals surface area contributed by atoms with Gasteiger partial charge in [-0.2, -0.15) is 5.10 Å². The van der Waals surface area contributed by atoms with E-state index < -0.39 is 10.8 Å². The van der Waals surface area contributed by atoms with Crippen LogP contribution >= 0.6 is 11.6 Å². The van der Waals surface area contributed by atoms with Gasteiger partial charge in [-0.1, -0.05) is 35.9 Å². The second-order valence-corrected chi connectivity index (χ2v) is 5.81. The molecule has 3 aromatic carbocycles. The molecule has 0 bridgehead atoms. The Balaban J connectivity index is 1.83. The fourth-order valence-electron chi connectivity index (χ4n) is 2.43. The van der Waals surface area contributed by atoms with Crippen molar-refractivity contribution in [3.8, 4) is 5.75 Å². The highest BCUT2D eigenvalue weighted by molar-refractivity contribution is 6.31. The van der Waals surface area contributed by atoms with E-state index in [1.54, 1.807) is 0 Å². The summed E-state index contributed by atoms with van der Waals surface area (Å²) in [4.78, 5) is 22.7. The first-order valence-electron chi connectivity index (χ1n) is 7.45. The number of phenolic OH excluding ortho intramolecular Hbond substituents is 1. The van der Waals surface area contributed by atoms with Crippen LogP contribution in [0.4, 0.5) is 5.69 Å². The molecular weight excluding hydrogens is 358 g/mol. The van der Waals surface area contributed by atoms with Gasteiger partial charge in [0.25, 0.3) is 11.6 Å². The van der Waals surface area contributed by atoms with Crippen LogP contribution in [0.5, 0.6) is 5.75 Å². The zero-order valence-electron chi connectivity index (χ0n) is 13.2. The highest BCUT2D eigenvalue weighted by Crippen LogP contribution is 2.25. The zero-order valence-corrected chi connectivity index (χ0v) is 14.0. The van der Waals surface area contributed by atoms with Crippen molar-refractivity contribution >= 4 is 40.2 Å². The first-order chi connectivity index (χ1) is 12.5. The summed E-state index contributed by atoms with van der Waals surface area (Å²) in [5.74, 6) is -0.834. The van der Waals surface area contributed by atoms with Gasteiger partial charge in [0.2, 0.25) is 0 Å². The molecule has 0 saturated heterocycles. The number of hydrazone groups is 1. The molecule has 0 radical (unpaired) electrons. The number of carbonyl (C=O) groups is 1. The minimum Gasteiger partial charge on any atom is -0.507 e. The topological polar surface area (TPSA) is 105 Å². The molecule has 0 aromatic heterocycles. The van der Waals surface area contributed by atoms with Crippen LogP contribution in [-0.4, -0.2) is 22.2 Å². The smallest absolute Gasteiger partial charge is 0.278 e. The normalized spacial score (nSPS) is 11.0. The lowest BCUT2D eigenvalue weighted by Gasteiger charge is -2.05. The van der Waals surface area contributed by atoms with Crippen molar-refractivity contribution < 1.29 is 14.8 Å². The molecule has 0 unspecified atom stereocenters. The number of hydrogen-bond donors (Lipinski definition) is 2. The summed E-state index contributed by atoms with van der Waals surface area (Å²) in [6.07, 6.45) is 1.13. The van der Waals surface area contributed by atoms with Gasteiger partial charge < -0.3 is 5.11 Å². The minimum atomic E-state index is -0.644. The predicted molar refractivity (Wildman–Crippen MR) is 98.8 cm³/mol. The third kappa shape index (κ3) is 3.62. The Kier molecular flexibility index (Phi) is 4.81. The molecule has 7 nitrogen and oxygen atoms in total. The second kappa shape index (κ2) is 7.20. The Labute approximate surface area is 152 Å². The minimum absolute atomic E-state index is 0.0430. The predicted octanol–water partition coefficient (Wildman–Crippen LogP) is 3.87. The van der Waals surface area contributed by atoms with Gasteiger partial charge in [0, 0.05) is 11.1 Å². The summed E-state index contributed by atoms with van der Waals surface area (Å²) in [6.45, 7) is 0. The van der Waals surface area contributed by atoms with E-state index in [4.69, 9.17) is 11.6 Å². The highest BCUT2D eigenvalue weighted by atomic mass is 35.5. The molecular formula is C18H12ClN3O4. The standard InChI is InChI=1S/C18H12ClN3O4/c19-14-5-6-16(22(25)26)13(7-14)10-20-21-18(24)15-8-11-3-1-2-4-12(11)9-17(15)23/h1-10,23H,(H,21,24). The monoisotopic (exact) mass is 369 g/mol. The van der Waals surface area contributed by atoms with Crippen molar-refractivity contribution in [2.24, 2.45) is 5.10 Å². The number of nitrogens with zero attached hydrogens (tertiary/aromatic N) is 2. The van der Waals surface area contributed by atoms with Gasteiger partial charge in [0.05, 0.1) is 22.3 Å². The molecule has 2 N–H and O–H groups in total. The van der Waals surface area contributed by atoms with Gasteiger partial charge >= 0.3 is 0 Å². The first-order valence-corrected chi connectivity index (χ1v) is 7.82. The molecule has 0 aliphatic carbocycles. The Morgan fingerprint density at radius 3 is 2.54 bits per heavy atom. The average molecular weight is 370 g/mol. The maximum absolute atomic E-state index is 12.2. The third-order valence-electron chi connectivity index (χ3n) is 3.66. The number of amides is 1. The molecule has 1 amide bonds. The molecule has 0 aliphatic rings. The number of nitrogens with one attached hydrogen (secondary N) is 1. The van der Waals surface area contributed by atoms with Gasteiger partial charge in [-0.3, -0.25) is 14.9 Å². The molecule has 0 fully saturated rings. The largest absolute Gasteiger partial charge is 0.507 e. The van der Waals surface area contributed by atoms with Crippen LogP contribution in [0, 0.1) is 10.1 Å². The fraction of sp³-hybridized carbons (Fsp3) is 0. The number of fused-ring (bicyclic) bond motifs is 1. The number of halogens is 1. The third-order valence-corrected chi connectivity index (χ3v) is 3.90. The molecule has 8 heteroatoms. The van der Waals surface area contributed by atoms with Crippen molar-refractivity contribution in [3.05, 3.63) is 80.9 Å². The SMILES string of the molecule is O=C(NN=Cc1cc(Cl)ccc1[N+](=O)[O-])c1cc2ccccc2cc1O. The lowest BCUT2D eigenvalue weighted by atomic mass is 10.1. The maximum atomic E-state index is 12.2. The summed E-state index contributed by atoms with van der Waals surface area (Å²) in [6, 6.07) is 14.3. The van der Waals surface area contributed by atoms with Crippen molar-refractivity contribution in [3.63, 3.8) is 0 Å². The van der Waals surface area contributed by atoms with Crippen molar-refractivity contribution in [1.82, 2.24) is 5.43 Å². The fourth-order valence-corrected chi connectivity index (χ4v) is 2.61. The molecule has 3 aromatic rings. The van der Waals surface area contributed by atoms with Gasteiger partial charge in [-0.05, 0) is 35.0 Å².